The molecule has 0 saturated carbocycles. The zero-order valence-corrected chi connectivity index (χ0v) is 8.01. The van der Waals surface area contributed by atoms with Crippen LogP contribution >= 0.6 is 11.6 Å². The number of hydrogen-bond acceptors (Lipinski definition) is 2. The van der Waals surface area contributed by atoms with Crippen molar-refractivity contribution in [2.75, 3.05) is 11.9 Å². The molecule has 1 rings (SSSR count). The highest BCUT2D eigenvalue weighted by Gasteiger charge is 2.05. The second kappa shape index (κ2) is 4.25. The van der Waals surface area contributed by atoms with Crippen LogP contribution in [-0.2, 0) is 11.3 Å². The van der Waals surface area contributed by atoms with Gasteiger partial charge in [0.05, 0.1) is 10.7 Å². The van der Waals surface area contributed by atoms with Crippen LogP contribution < -0.4 is 10.6 Å². The van der Waals surface area contributed by atoms with Gasteiger partial charge in [-0.3, -0.25) is 4.79 Å². The molecule has 0 unspecified atom stereocenters. The summed E-state index contributed by atoms with van der Waals surface area (Å²) in [5.74, 6) is 0. The van der Waals surface area contributed by atoms with Crippen LogP contribution in [-0.4, -0.2) is 13.5 Å². The standard InChI is InChI=1S/C9H10ClN2O/c1-12(6-13)9-3-2-7(5-11)4-8(9)10/h2-4H,5,11H2,1H3. The molecule has 0 spiro atoms. The van der Waals surface area contributed by atoms with Gasteiger partial charge in [-0.15, -0.1) is 0 Å². The zero-order valence-electron chi connectivity index (χ0n) is 7.25. The van der Waals surface area contributed by atoms with Gasteiger partial charge in [0.25, 0.3) is 0 Å². The summed E-state index contributed by atoms with van der Waals surface area (Å²) >= 11 is 5.91. The van der Waals surface area contributed by atoms with E-state index in [1.807, 2.05) is 6.07 Å². The van der Waals surface area contributed by atoms with Gasteiger partial charge in [-0.1, -0.05) is 17.7 Å². The van der Waals surface area contributed by atoms with Gasteiger partial charge < -0.3 is 10.6 Å². The summed E-state index contributed by atoms with van der Waals surface area (Å²) in [4.78, 5) is 11.6. The molecule has 0 aliphatic carbocycles. The van der Waals surface area contributed by atoms with Gasteiger partial charge in [0.15, 0.2) is 0 Å². The molecule has 0 saturated heterocycles. The van der Waals surface area contributed by atoms with Crippen LogP contribution in [0.2, 0.25) is 5.02 Å². The lowest BCUT2D eigenvalue weighted by Crippen LogP contribution is -2.14. The monoisotopic (exact) mass is 197 g/mol. The molecule has 1 aromatic carbocycles. The van der Waals surface area contributed by atoms with Gasteiger partial charge in [0.2, 0.25) is 0 Å². The van der Waals surface area contributed by atoms with Crippen molar-refractivity contribution in [3.8, 4) is 0 Å². The Labute approximate surface area is 82.1 Å². The van der Waals surface area contributed by atoms with Gasteiger partial charge in [-0.05, 0) is 17.7 Å². The Morgan fingerprint density at radius 3 is 2.77 bits per heavy atom. The fourth-order valence-corrected chi connectivity index (χ4v) is 1.33. The predicted octanol–water partition coefficient (Wildman–Crippen LogP) is 1.30. The zero-order chi connectivity index (χ0) is 9.84. The lowest BCUT2D eigenvalue weighted by molar-refractivity contribution is 0.554. The summed E-state index contributed by atoms with van der Waals surface area (Å²) in [7, 11) is 1.59. The second-order valence-corrected chi connectivity index (χ2v) is 3.05. The Morgan fingerprint density at radius 2 is 2.31 bits per heavy atom. The normalized spacial score (nSPS) is 9.77. The highest BCUT2D eigenvalue weighted by Crippen LogP contribution is 2.24. The number of amides is 1. The summed E-state index contributed by atoms with van der Waals surface area (Å²) in [6.07, 6.45) is 1.73. The Bertz CT molecular complexity index is 314. The van der Waals surface area contributed by atoms with Crippen molar-refractivity contribution in [1.29, 1.82) is 0 Å². The summed E-state index contributed by atoms with van der Waals surface area (Å²) in [5.41, 5.74) is 7.00. The molecule has 0 fully saturated rings. The molecular weight excluding hydrogens is 188 g/mol. The van der Waals surface area contributed by atoms with Crippen LogP contribution in [0.25, 0.3) is 0 Å². The number of hydrogen-bond donors (Lipinski definition) is 1. The van der Waals surface area contributed by atoms with Gasteiger partial charge in [-0.2, -0.15) is 0 Å². The molecule has 0 heterocycles. The highest BCUT2D eigenvalue weighted by molar-refractivity contribution is 6.33. The van der Waals surface area contributed by atoms with Crippen LogP contribution in [0.1, 0.15) is 5.56 Å². The van der Waals surface area contributed by atoms with E-state index in [0.29, 0.717) is 17.3 Å². The first kappa shape index (κ1) is 10.0. The third-order valence-corrected chi connectivity index (χ3v) is 2.05. The molecular formula is C9H10ClN2O. The van der Waals surface area contributed by atoms with Crippen LogP contribution in [0.3, 0.4) is 0 Å². The molecule has 4 heteroatoms. The Balaban J connectivity index is 3.04. The van der Waals surface area contributed by atoms with Crippen molar-refractivity contribution in [2.45, 2.75) is 6.54 Å². The van der Waals surface area contributed by atoms with Crippen molar-refractivity contribution < 1.29 is 4.79 Å². The smallest absolute Gasteiger partial charge is 0.316 e. The first-order chi connectivity index (χ1) is 6.19. The van der Waals surface area contributed by atoms with Crippen LogP contribution in [0.15, 0.2) is 18.2 Å². The Morgan fingerprint density at radius 1 is 1.62 bits per heavy atom. The van der Waals surface area contributed by atoms with E-state index in [9.17, 15) is 4.79 Å². The number of nitrogens with two attached hydrogens (primary N) is 1. The van der Waals surface area contributed by atoms with E-state index in [4.69, 9.17) is 17.3 Å². The molecule has 0 atom stereocenters. The molecule has 69 valence electrons. The average Bonchev–Trinajstić information content (AvgIpc) is 2.16. The number of nitrogens with zero attached hydrogens (tertiary/aromatic N) is 1. The quantitative estimate of drug-likeness (QED) is 0.743. The number of benzene rings is 1. The number of anilines is 1. The summed E-state index contributed by atoms with van der Waals surface area (Å²) in [6.45, 7) is 0.439. The largest absolute Gasteiger partial charge is 0.326 e. The molecule has 13 heavy (non-hydrogen) atoms. The molecule has 0 aliphatic rings. The average molecular weight is 198 g/mol. The number of carbonyl (C=O) groups excluding carboxylic acids is 1. The highest BCUT2D eigenvalue weighted by atomic mass is 35.5. The van der Waals surface area contributed by atoms with E-state index >= 15 is 0 Å². The van der Waals surface area contributed by atoms with E-state index in [-0.39, 0.29) is 0 Å². The van der Waals surface area contributed by atoms with E-state index < -0.39 is 0 Å². The molecule has 3 nitrogen and oxygen atoms in total. The third-order valence-electron chi connectivity index (χ3n) is 1.75. The van der Waals surface area contributed by atoms with Crippen molar-refractivity contribution in [2.24, 2.45) is 5.73 Å². The lowest BCUT2D eigenvalue weighted by Gasteiger charge is -2.11. The molecule has 0 aliphatic heterocycles. The fourth-order valence-electron chi connectivity index (χ4n) is 0.999. The van der Waals surface area contributed by atoms with Crippen LogP contribution in [0.4, 0.5) is 5.69 Å². The topological polar surface area (TPSA) is 46.3 Å². The van der Waals surface area contributed by atoms with Crippen molar-refractivity contribution in [1.82, 2.24) is 0 Å². The maximum absolute atomic E-state index is 10.3. The minimum absolute atomic E-state index is 0.439. The van der Waals surface area contributed by atoms with Crippen LogP contribution in [0.5, 0.6) is 0 Å². The summed E-state index contributed by atoms with van der Waals surface area (Å²) in [5, 5.41) is 0.508. The minimum atomic E-state index is 0.439. The first-order valence-electron chi connectivity index (χ1n) is 3.79. The van der Waals surface area contributed by atoms with Gasteiger partial charge in [0.1, 0.15) is 0 Å². The van der Waals surface area contributed by atoms with Crippen molar-refractivity contribution >= 4 is 23.7 Å². The van der Waals surface area contributed by atoms with E-state index in [2.05, 4.69) is 0 Å². The minimum Gasteiger partial charge on any atom is -0.326 e. The SMILES string of the molecule is CN([C]=O)c1ccc(CN)cc1Cl. The van der Waals surface area contributed by atoms with Gasteiger partial charge in [0, 0.05) is 13.6 Å². The number of halogens is 1. The fraction of sp³-hybridized carbons (Fsp3) is 0.222. The van der Waals surface area contributed by atoms with E-state index in [1.54, 1.807) is 25.6 Å². The Kier molecular flexibility index (Phi) is 3.28. The lowest BCUT2D eigenvalue weighted by atomic mass is 10.2. The number of rotatable bonds is 3. The van der Waals surface area contributed by atoms with Crippen molar-refractivity contribution in [3.63, 3.8) is 0 Å². The maximum atomic E-state index is 10.3. The predicted molar refractivity (Wildman–Crippen MR) is 53.4 cm³/mol. The van der Waals surface area contributed by atoms with Crippen molar-refractivity contribution in [3.05, 3.63) is 28.8 Å². The molecule has 1 aromatic rings. The van der Waals surface area contributed by atoms with Gasteiger partial charge >= 0.3 is 6.41 Å². The maximum Gasteiger partial charge on any atom is 0.316 e. The third kappa shape index (κ3) is 2.20. The molecule has 2 N–H and O–H groups in total. The van der Waals surface area contributed by atoms with Gasteiger partial charge in [-0.25, -0.2) is 0 Å². The van der Waals surface area contributed by atoms with Crippen LogP contribution in [0, 0.1) is 0 Å². The molecule has 1 radical (unpaired) electrons. The molecule has 1 amide bonds. The van der Waals surface area contributed by atoms with E-state index in [1.165, 1.54) is 4.90 Å². The summed E-state index contributed by atoms with van der Waals surface area (Å²) < 4.78 is 0. The Hall–Kier alpha value is -1.06. The van der Waals surface area contributed by atoms with E-state index in [0.717, 1.165) is 5.56 Å². The molecule has 0 aromatic heterocycles. The first-order valence-corrected chi connectivity index (χ1v) is 4.17. The summed E-state index contributed by atoms with van der Waals surface area (Å²) in [6, 6.07) is 5.31. The molecule has 0 bridgehead atoms. The second-order valence-electron chi connectivity index (χ2n) is 2.64.